The van der Waals surface area contributed by atoms with Crippen molar-refractivity contribution in [3.05, 3.63) is 65.5 Å². The van der Waals surface area contributed by atoms with E-state index in [0.29, 0.717) is 5.75 Å². The molecule has 4 nitrogen and oxygen atoms in total. The molecule has 0 atom stereocenters. The Kier molecular flexibility index (Phi) is 5.48. The van der Waals surface area contributed by atoms with Gasteiger partial charge in [-0.3, -0.25) is 4.79 Å². The van der Waals surface area contributed by atoms with Crippen molar-refractivity contribution in [2.75, 3.05) is 11.9 Å². The van der Waals surface area contributed by atoms with Gasteiger partial charge in [0, 0.05) is 6.08 Å². The molecule has 5 heteroatoms. The largest absolute Gasteiger partial charge is 0.479 e. The van der Waals surface area contributed by atoms with Gasteiger partial charge in [0.05, 0.1) is 5.69 Å². The molecule has 0 saturated carbocycles. The minimum Gasteiger partial charge on any atom is -0.479 e. The Balaban J connectivity index is 1.98. The van der Waals surface area contributed by atoms with Gasteiger partial charge in [-0.2, -0.15) is 5.26 Å². The van der Waals surface area contributed by atoms with E-state index in [9.17, 15) is 9.18 Å². The van der Waals surface area contributed by atoms with Gasteiger partial charge in [0.2, 0.25) is 5.91 Å². The normalized spacial score (nSPS) is 10.3. The summed E-state index contributed by atoms with van der Waals surface area (Å²) in [4.78, 5) is 11.8. The van der Waals surface area contributed by atoms with Crippen LogP contribution >= 0.6 is 0 Å². The number of hydrogen-bond donors (Lipinski definition) is 1. The second kappa shape index (κ2) is 7.76. The van der Waals surface area contributed by atoms with Crippen LogP contribution < -0.4 is 10.1 Å². The molecule has 0 spiro atoms. The molecule has 2 aromatic rings. The maximum atomic E-state index is 13.6. The van der Waals surface area contributed by atoms with Gasteiger partial charge >= 0.3 is 0 Å². The molecular weight excluding hydrogens is 295 g/mol. The molecule has 0 radical (unpaired) electrons. The van der Waals surface area contributed by atoms with E-state index >= 15 is 0 Å². The summed E-state index contributed by atoms with van der Waals surface area (Å²) in [7, 11) is 0. The number of carbonyl (C=O) groups excluding carboxylic acids is 1. The number of hydrogen-bond acceptors (Lipinski definition) is 3. The lowest BCUT2D eigenvalue weighted by Crippen LogP contribution is -2.09. The summed E-state index contributed by atoms with van der Waals surface area (Å²) >= 11 is 0. The number of ether oxygens (including phenoxy) is 1. The molecule has 0 saturated heterocycles. The van der Waals surface area contributed by atoms with E-state index in [0.717, 1.165) is 11.1 Å². The van der Waals surface area contributed by atoms with Crippen molar-refractivity contribution in [1.82, 2.24) is 0 Å². The van der Waals surface area contributed by atoms with E-state index in [1.54, 1.807) is 42.5 Å². The molecule has 23 heavy (non-hydrogen) atoms. The average Bonchev–Trinajstić information content (AvgIpc) is 2.55. The van der Waals surface area contributed by atoms with E-state index in [1.165, 1.54) is 12.1 Å². The maximum absolute atomic E-state index is 13.6. The molecule has 1 amide bonds. The molecule has 0 heterocycles. The molecule has 0 bridgehead atoms. The van der Waals surface area contributed by atoms with Gasteiger partial charge in [-0.1, -0.05) is 18.2 Å². The highest BCUT2D eigenvalue weighted by atomic mass is 19.1. The zero-order valence-corrected chi connectivity index (χ0v) is 12.5. The number of amides is 1. The molecule has 0 aliphatic rings. The van der Waals surface area contributed by atoms with Crippen LogP contribution in [0.15, 0.2) is 48.5 Å². The van der Waals surface area contributed by atoms with Crippen LogP contribution in [-0.4, -0.2) is 12.5 Å². The Labute approximate surface area is 133 Å². The highest BCUT2D eigenvalue weighted by Gasteiger charge is 2.04. The summed E-state index contributed by atoms with van der Waals surface area (Å²) in [5.41, 5.74) is 1.80. The van der Waals surface area contributed by atoms with Crippen LogP contribution in [0.3, 0.4) is 0 Å². The molecule has 116 valence electrons. The van der Waals surface area contributed by atoms with Crippen molar-refractivity contribution < 1.29 is 13.9 Å². The van der Waals surface area contributed by atoms with Crippen LogP contribution in [0.2, 0.25) is 0 Å². The number of nitriles is 1. The second-order valence-corrected chi connectivity index (χ2v) is 4.82. The third kappa shape index (κ3) is 4.97. The standard InChI is InChI=1S/C18H15FN2O2/c1-13-2-8-16(19)17(12-13)21-18(22)9-5-14-3-6-15(7-4-14)23-11-10-20/h2-9,12H,11H2,1H3,(H,21,22)/b9-5+. The molecule has 1 N–H and O–H groups in total. The molecule has 0 aliphatic heterocycles. The summed E-state index contributed by atoms with van der Waals surface area (Å²) in [5.74, 6) is -0.314. The number of aryl methyl sites for hydroxylation is 1. The second-order valence-electron chi connectivity index (χ2n) is 4.82. The highest BCUT2D eigenvalue weighted by Crippen LogP contribution is 2.16. The van der Waals surface area contributed by atoms with Gasteiger partial charge in [-0.15, -0.1) is 0 Å². The highest BCUT2D eigenvalue weighted by molar-refractivity contribution is 6.02. The van der Waals surface area contributed by atoms with Crippen molar-refractivity contribution in [2.45, 2.75) is 6.92 Å². The first-order valence-corrected chi connectivity index (χ1v) is 6.93. The lowest BCUT2D eigenvalue weighted by atomic mass is 10.2. The van der Waals surface area contributed by atoms with Crippen molar-refractivity contribution in [1.29, 1.82) is 5.26 Å². The van der Waals surface area contributed by atoms with Gasteiger partial charge in [0.25, 0.3) is 0 Å². The lowest BCUT2D eigenvalue weighted by Gasteiger charge is -2.05. The van der Waals surface area contributed by atoms with Gasteiger partial charge in [0.15, 0.2) is 6.61 Å². The fourth-order valence-electron chi connectivity index (χ4n) is 1.87. The van der Waals surface area contributed by atoms with Crippen LogP contribution in [0.25, 0.3) is 6.08 Å². The average molecular weight is 310 g/mol. The lowest BCUT2D eigenvalue weighted by molar-refractivity contribution is -0.111. The minimum atomic E-state index is -0.476. The molecule has 2 rings (SSSR count). The van der Waals surface area contributed by atoms with Gasteiger partial charge in [0.1, 0.15) is 17.6 Å². The Morgan fingerprint density at radius 1 is 1.30 bits per heavy atom. The van der Waals surface area contributed by atoms with E-state index in [4.69, 9.17) is 10.00 Å². The van der Waals surface area contributed by atoms with E-state index in [1.807, 2.05) is 13.0 Å². The van der Waals surface area contributed by atoms with Gasteiger partial charge < -0.3 is 10.1 Å². The quantitative estimate of drug-likeness (QED) is 0.857. The SMILES string of the molecule is Cc1ccc(F)c(NC(=O)/C=C/c2ccc(OCC#N)cc2)c1. The van der Waals surface area contributed by atoms with Gasteiger partial charge in [-0.25, -0.2) is 4.39 Å². The van der Waals surface area contributed by atoms with Crippen molar-refractivity contribution in [3.63, 3.8) is 0 Å². The van der Waals surface area contributed by atoms with E-state index < -0.39 is 11.7 Å². The molecular formula is C18H15FN2O2. The fourth-order valence-corrected chi connectivity index (χ4v) is 1.87. The Hall–Kier alpha value is -3.13. The maximum Gasteiger partial charge on any atom is 0.248 e. The Morgan fingerprint density at radius 3 is 2.74 bits per heavy atom. The molecule has 0 aromatic heterocycles. The Morgan fingerprint density at radius 2 is 2.04 bits per heavy atom. The number of anilines is 1. The van der Waals surface area contributed by atoms with Crippen LogP contribution in [0, 0.1) is 24.1 Å². The third-order valence-corrected chi connectivity index (χ3v) is 2.99. The van der Waals surface area contributed by atoms with Crippen LogP contribution in [0.5, 0.6) is 5.75 Å². The first-order valence-electron chi connectivity index (χ1n) is 6.93. The van der Waals surface area contributed by atoms with Crippen molar-refractivity contribution in [2.24, 2.45) is 0 Å². The number of nitrogens with one attached hydrogen (secondary N) is 1. The van der Waals surface area contributed by atoms with Crippen LogP contribution in [0.1, 0.15) is 11.1 Å². The summed E-state index contributed by atoms with van der Waals surface area (Å²) < 4.78 is 18.7. The summed E-state index contributed by atoms with van der Waals surface area (Å²) in [5, 5.41) is 10.9. The van der Waals surface area contributed by atoms with Crippen LogP contribution in [-0.2, 0) is 4.79 Å². The molecule has 2 aromatic carbocycles. The first kappa shape index (κ1) is 16.2. The van der Waals surface area contributed by atoms with Crippen molar-refractivity contribution >= 4 is 17.7 Å². The monoisotopic (exact) mass is 310 g/mol. The zero-order chi connectivity index (χ0) is 16.7. The zero-order valence-electron chi connectivity index (χ0n) is 12.5. The number of rotatable bonds is 5. The van der Waals surface area contributed by atoms with Crippen molar-refractivity contribution in [3.8, 4) is 11.8 Å². The molecule has 0 unspecified atom stereocenters. The summed E-state index contributed by atoms with van der Waals surface area (Å²) in [6.45, 7) is 1.81. The van der Waals surface area contributed by atoms with Crippen LogP contribution in [0.4, 0.5) is 10.1 Å². The topological polar surface area (TPSA) is 62.1 Å². The third-order valence-electron chi connectivity index (χ3n) is 2.99. The Bertz CT molecular complexity index is 762. The smallest absolute Gasteiger partial charge is 0.248 e. The molecule has 0 aliphatic carbocycles. The number of nitrogens with zero attached hydrogens (tertiary/aromatic N) is 1. The number of halogens is 1. The van der Waals surface area contributed by atoms with E-state index in [2.05, 4.69) is 5.32 Å². The van der Waals surface area contributed by atoms with Gasteiger partial charge in [-0.05, 0) is 48.4 Å². The summed E-state index contributed by atoms with van der Waals surface area (Å²) in [6, 6.07) is 13.3. The summed E-state index contributed by atoms with van der Waals surface area (Å²) in [6.07, 6.45) is 2.93. The predicted octanol–water partition coefficient (Wildman–Crippen LogP) is 3.69. The predicted molar refractivity (Wildman–Crippen MR) is 86.4 cm³/mol. The fraction of sp³-hybridized carbons (Fsp3) is 0.111. The molecule has 0 fully saturated rings. The number of benzene rings is 2. The number of carbonyl (C=O) groups is 1. The first-order chi connectivity index (χ1) is 11.1. The minimum absolute atomic E-state index is 0.0142. The van der Waals surface area contributed by atoms with E-state index in [-0.39, 0.29) is 12.3 Å².